The Bertz CT molecular complexity index is 1620. The molecule has 182 valence electrons. The van der Waals surface area contributed by atoms with E-state index in [1.807, 2.05) is 42.5 Å². The molecule has 0 radical (unpaired) electrons. The summed E-state index contributed by atoms with van der Waals surface area (Å²) >= 11 is 0. The highest BCUT2D eigenvalue weighted by Gasteiger charge is 2.35. The summed E-state index contributed by atoms with van der Waals surface area (Å²) in [5.41, 5.74) is 7.37. The number of aromatic nitrogens is 1. The SMILES string of the molecule is COc1ccc(-c2ccc3c4c(C(N)=O)cccc4n(Cc4cccc(C(F)(F)F)c4F)c3c2)cc1. The van der Waals surface area contributed by atoms with Crippen LogP contribution < -0.4 is 10.5 Å². The maximum absolute atomic E-state index is 15.0. The number of ether oxygens (including phenoxy) is 1. The first-order valence-corrected chi connectivity index (χ1v) is 11.0. The minimum absolute atomic E-state index is 0.122. The molecule has 0 unspecified atom stereocenters. The number of benzene rings is 4. The smallest absolute Gasteiger partial charge is 0.419 e. The Morgan fingerprint density at radius 2 is 1.61 bits per heavy atom. The summed E-state index contributed by atoms with van der Waals surface area (Å²) < 4.78 is 61.9. The van der Waals surface area contributed by atoms with Gasteiger partial charge in [-0.25, -0.2) is 4.39 Å². The Balaban J connectivity index is 1.76. The average Bonchev–Trinajstić information content (AvgIpc) is 3.17. The van der Waals surface area contributed by atoms with Gasteiger partial charge in [0, 0.05) is 21.9 Å². The molecule has 0 saturated carbocycles. The molecule has 1 aromatic heterocycles. The van der Waals surface area contributed by atoms with Crippen molar-refractivity contribution in [3.05, 3.63) is 101 Å². The number of hydrogen-bond donors (Lipinski definition) is 1. The zero-order valence-electron chi connectivity index (χ0n) is 19.1. The third kappa shape index (κ3) is 3.94. The molecule has 1 heterocycles. The molecule has 36 heavy (non-hydrogen) atoms. The molecular weight excluding hydrogens is 472 g/mol. The molecule has 1 amide bonds. The van der Waals surface area contributed by atoms with Crippen LogP contribution in [0.15, 0.2) is 78.9 Å². The van der Waals surface area contributed by atoms with Gasteiger partial charge in [-0.05, 0) is 47.5 Å². The molecule has 5 rings (SSSR count). The summed E-state index contributed by atoms with van der Waals surface area (Å²) in [6.45, 7) is -0.177. The van der Waals surface area contributed by atoms with Crippen LogP contribution in [0, 0.1) is 5.82 Å². The van der Waals surface area contributed by atoms with Gasteiger partial charge in [0.15, 0.2) is 0 Å². The van der Waals surface area contributed by atoms with E-state index >= 15 is 0 Å². The topological polar surface area (TPSA) is 57.2 Å². The lowest BCUT2D eigenvalue weighted by molar-refractivity contribution is -0.140. The van der Waals surface area contributed by atoms with Gasteiger partial charge in [0.25, 0.3) is 0 Å². The van der Waals surface area contributed by atoms with Gasteiger partial charge in [-0.1, -0.05) is 42.5 Å². The lowest BCUT2D eigenvalue weighted by Gasteiger charge is -2.13. The fourth-order valence-electron chi connectivity index (χ4n) is 4.57. The maximum atomic E-state index is 15.0. The van der Waals surface area contributed by atoms with Crippen molar-refractivity contribution in [3.8, 4) is 16.9 Å². The fourth-order valence-corrected chi connectivity index (χ4v) is 4.57. The number of carbonyl (C=O) groups is 1. The Kier molecular flexibility index (Phi) is 5.67. The van der Waals surface area contributed by atoms with Crippen LogP contribution in [0.25, 0.3) is 32.9 Å². The summed E-state index contributed by atoms with van der Waals surface area (Å²) in [4.78, 5) is 12.2. The first kappa shape index (κ1) is 23.4. The lowest BCUT2D eigenvalue weighted by Crippen LogP contribution is -2.12. The molecule has 4 aromatic carbocycles. The van der Waals surface area contributed by atoms with Crippen LogP contribution in [0.1, 0.15) is 21.5 Å². The van der Waals surface area contributed by atoms with E-state index in [0.717, 1.165) is 17.2 Å². The second kappa shape index (κ2) is 8.71. The number of nitrogens with zero attached hydrogens (tertiary/aromatic N) is 1. The summed E-state index contributed by atoms with van der Waals surface area (Å²) in [5.74, 6) is -1.26. The molecule has 4 nitrogen and oxygen atoms in total. The van der Waals surface area contributed by atoms with Crippen LogP contribution in [0.3, 0.4) is 0 Å². The predicted molar refractivity (Wildman–Crippen MR) is 130 cm³/mol. The van der Waals surface area contributed by atoms with E-state index in [-0.39, 0.29) is 17.7 Å². The number of alkyl halides is 3. The highest BCUT2D eigenvalue weighted by molar-refractivity contribution is 6.18. The molecule has 5 aromatic rings. The number of nitrogens with two attached hydrogens (primary N) is 1. The maximum Gasteiger partial charge on any atom is 0.419 e. The Morgan fingerprint density at radius 3 is 2.28 bits per heavy atom. The second-order valence-corrected chi connectivity index (χ2v) is 8.39. The van der Waals surface area contributed by atoms with E-state index < -0.39 is 23.5 Å². The van der Waals surface area contributed by atoms with E-state index in [0.29, 0.717) is 27.6 Å². The molecule has 2 N–H and O–H groups in total. The van der Waals surface area contributed by atoms with E-state index in [4.69, 9.17) is 10.5 Å². The lowest BCUT2D eigenvalue weighted by atomic mass is 10.0. The van der Waals surface area contributed by atoms with Crippen LogP contribution in [-0.4, -0.2) is 17.6 Å². The Labute approximate surface area is 203 Å². The molecule has 0 aliphatic heterocycles. The average molecular weight is 492 g/mol. The van der Waals surface area contributed by atoms with E-state index in [2.05, 4.69) is 0 Å². The highest BCUT2D eigenvalue weighted by atomic mass is 19.4. The van der Waals surface area contributed by atoms with Crippen molar-refractivity contribution in [2.24, 2.45) is 5.73 Å². The van der Waals surface area contributed by atoms with Crippen LogP contribution in [0.5, 0.6) is 5.75 Å². The molecular formula is C28H20F4N2O2. The first-order valence-electron chi connectivity index (χ1n) is 11.0. The number of halogens is 4. The minimum atomic E-state index is -4.82. The monoisotopic (exact) mass is 492 g/mol. The number of amides is 1. The van der Waals surface area contributed by atoms with E-state index in [1.165, 1.54) is 12.1 Å². The van der Waals surface area contributed by atoms with Crippen molar-refractivity contribution in [1.82, 2.24) is 4.57 Å². The zero-order valence-corrected chi connectivity index (χ0v) is 19.1. The van der Waals surface area contributed by atoms with Crippen LogP contribution in [0.4, 0.5) is 17.6 Å². The largest absolute Gasteiger partial charge is 0.497 e. The van der Waals surface area contributed by atoms with Gasteiger partial charge >= 0.3 is 6.18 Å². The van der Waals surface area contributed by atoms with Crippen LogP contribution in [-0.2, 0) is 12.7 Å². The third-order valence-corrected chi connectivity index (χ3v) is 6.29. The summed E-state index contributed by atoms with van der Waals surface area (Å²) in [7, 11) is 1.57. The number of carbonyl (C=O) groups excluding carboxylic acids is 1. The number of rotatable bonds is 5. The highest BCUT2D eigenvalue weighted by Crippen LogP contribution is 2.37. The van der Waals surface area contributed by atoms with E-state index in [9.17, 15) is 22.4 Å². The summed E-state index contributed by atoms with van der Waals surface area (Å²) in [6, 6.07) is 21.2. The van der Waals surface area contributed by atoms with Gasteiger partial charge in [0.2, 0.25) is 5.91 Å². The van der Waals surface area contributed by atoms with Crippen molar-refractivity contribution < 1.29 is 27.1 Å². The molecule has 0 aliphatic carbocycles. The molecule has 0 spiro atoms. The van der Waals surface area contributed by atoms with Gasteiger partial charge < -0.3 is 15.0 Å². The van der Waals surface area contributed by atoms with Gasteiger partial charge in [0.1, 0.15) is 11.6 Å². The van der Waals surface area contributed by atoms with Crippen molar-refractivity contribution in [1.29, 1.82) is 0 Å². The number of hydrogen-bond acceptors (Lipinski definition) is 2. The molecule has 0 saturated heterocycles. The first-order chi connectivity index (χ1) is 17.2. The number of primary amides is 1. The predicted octanol–water partition coefficient (Wildman–Crippen LogP) is 6.78. The number of fused-ring (bicyclic) bond motifs is 3. The summed E-state index contributed by atoms with van der Waals surface area (Å²) in [6.07, 6.45) is -4.82. The van der Waals surface area contributed by atoms with Gasteiger partial charge in [-0.2, -0.15) is 13.2 Å². The number of methoxy groups -OCH3 is 1. The molecule has 0 fully saturated rings. The standard InChI is InChI=1S/C28H20F4N2O2/c1-36-19-11-8-16(9-12-19)17-10-13-20-24(14-17)34(23-7-3-5-21(25(20)23)27(33)35)15-18-4-2-6-22(26(18)29)28(30,31)32/h2-14H,15H2,1H3,(H2,33,35). The quantitative estimate of drug-likeness (QED) is 0.275. The zero-order chi connectivity index (χ0) is 25.6. The van der Waals surface area contributed by atoms with Crippen molar-refractivity contribution in [2.45, 2.75) is 12.7 Å². The molecule has 0 bridgehead atoms. The minimum Gasteiger partial charge on any atom is -0.497 e. The third-order valence-electron chi connectivity index (χ3n) is 6.29. The fraction of sp³-hybridized carbons (Fsp3) is 0.107. The molecule has 8 heteroatoms. The second-order valence-electron chi connectivity index (χ2n) is 8.39. The Hall–Kier alpha value is -4.33. The normalized spacial score (nSPS) is 11.8. The van der Waals surface area contributed by atoms with Gasteiger partial charge in [-0.15, -0.1) is 0 Å². The van der Waals surface area contributed by atoms with Gasteiger partial charge in [0.05, 0.1) is 30.3 Å². The van der Waals surface area contributed by atoms with Crippen LogP contribution >= 0.6 is 0 Å². The van der Waals surface area contributed by atoms with Crippen molar-refractivity contribution in [3.63, 3.8) is 0 Å². The van der Waals surface area contributed by atoms with Gasteiger partial charge in [-0.3, -0.25) is 4.79 Å². The van der Waals surface area contributed by atoms with Crippen molar-refractivity contribution >= 4 is 27.7 Å². The van der Waals surface area contributed by atoms with E-state index in [1.54, 1.807) is 29.9 Å². The summed E-state index contributed by atoms with van der Waals surface area (Å²) in [5, 5.41) is 1.25. The molecule has 0 aliphatic rings. The Morgan fingerprint density at radius 1 is 0.917 bits per heavy atom. The molecule has 0 atom stereocenters. The van der Waals surface area contributed by atoms with Crippen LogP contribution in [0.2, 0.25) is 0 Å². The van der Waals surface area contributed by atoms with Crippen molar-refractivity contribution in [2.75, 3.05) is 7.11 Å².